The number of carbonyl (C=O) groups is 2. The molecule has 29 heavy (non-hydrogen) atoms. The first kappa shape index (κ1) is 21.0. The van der Waals surface area contributed by atoms with Crippen LogP contribution in [0, 0.1) is 6.92 Å². The van der Waals surface area contributed by atoms with Gasteiger partial charge >= 0.3 is 5.97 Å². The third kappa shape index (κ3) is 5.22. The van der Waals surface area contributed by atoms with E-state index in [0.29, 0.717) is 24.5 Å². The van der Waals surface area contributed by atoms with E-state index in [9.17, 15) is 18.0 Å². The predicted octanol–water partition coefficient (Wildman–Crippen LogP) is 1.08. The Bertz CT molecular complexity index is 964. The van der Waals surface area contributed by atoms with Gasteiger partial charge in [0.1, 0.15) is 5.76 Å². The third-order valence-corrected chi connectivity index (χ3v) is 6.43. The number of hydrogen-bond acceptors (Lipinski definition) is 7. The highest BCUT2D eigenvalue weighted by Gasteiger charge is 2.28. The fourth-order valence-corrected chi connectivity index (χ4v) is 4.45. The summed E-state index contributed by atoms with van der Waals surface area (Å²) < 4.78 is 42.4. The van der Waals surface area contributed by atoms with Crippen molar-refractivity contribution in [3.05, 3.63) is 53.5 Å². The number of amides is 1. The monoisotopic (exact) mass is 422 g/mol. The van der Waals surface area contributed by atoms with Gasteiger partial charge in [-0.3, -0.25) is 4.79 Å². The first-order valence-corrected chi connectivity index (χ1v) is 10.5. The number of carbonyl (C=O) groups excluding carboxylic acids is 2. The van der Waals surface area contributed by atoms with Gasteiger partial charge in [0.05, 0.1) is 36.5 Å². The maximum atomic E-state index is 12.9. The zero-order valence-electron chi connectivity index (χ0n) is 15.9. The second kappa shape index (κ2) is 9.21. The summed E-state index contributed by atoms with van der Waals surface area (Å²) in [5.41, 5.74) is 0.575. The van der Waals surface area contributed by atoms with E-state index < -0.39 is 28.5 Å². The smallest absolute Gasteiger partial charge is 0.338 e. The Morgan fingerprint density at radius 2 is 1.97 bits per heavy atom. The normalized spacial score (nSPS) is 15.1. The fourth-order valence-electron chi connectivity index (χ4n) is 2.80. The van der Waals surface area contributed by atoms with E-state index in [4.69, 9.17) is 13.9 Å². The number of rotatable bonds is 7. The second-order valence-corrected chi connectivity index (χ2v) is 8.34. The first-order valence-electron chi connectivity index (χ1n) is 9.02. The molecule has 9 nitrogen and oxygen atoms in total. The first-order chi connectivity index (χ1) is 13.9. The number of morpholine rings is 1. The maximum Gasteiger partial charge on any atom is 0.338 e. The van der Waals surface area contributed by atoms with Crippen LogP contribution in [-0.4, -0.2) is 57.5 Å². The van der Waals surface area contributed by atoms with E-state index in [2.05, 4.69) is 5.32 Å². The molecule has 0 unspecified atom stereocenters. The van der Waals surface area contributed by atoms with Gasteiger partial charge in [-0.1, -0.05) is 6.07 Å². The van der Waals surface area contributed by atoms with Crippen LogP contribution < -0.4 is 5.32 Å². The Morgan fingerprint density at radius 1 is 1.21 bits per heavy atom. The summed E-state index contributed by atoms with van der Waals surface area (Å²) in [7, 11) is -3.76. The van der Waals surface area contributed by atoms with Crippen LogP contribution in [-0.2, 0) is 30.8 Å². The minimum Gasteiger partial charge on any atom is -0.467 e. The quantitative estimate of drug-likeness (QED) is 0.664. The van der Waals surface area contributed by atoms with Gasteiger partial charge in [-0.25, -0.2) is 13.2 Å². The molecule has 0 spiro atoms. The molecule has 1 fully saturated rings. The minimum absolute atomic E-state index is 0.0381. The van der Waals surface area contributed by atoms with Crippen molar-refractivity contribution >= 4 is 21.9 Å². The fraction of sp³-hybridized carbons (Fsp3) is 0.368. The van der Waals surface area contributed by atoms with E-state index in [1.165, 1.54) is 22.7 Å². The molecule has 1 amide bonds. The maximum absolute atomic E-state index is 12.9. The van der Waals surface area contributed by atoms with E-state index in [1.807, 2.05) is 0 Å². The van der Waals surface area contributed by atoms with Crippen LogP contribution in [0.5, 0.6) is 0 Å². The van der Waals surface area contributed by atoms with Crippen molar-refractivity contribution in [2.45, 2.75) is 18.4 Å². The minimum atomic E-state index is -3.76. The lowest BCUT2D eigenvalue weighted by Crippen LogP contribution is -2.40. The average Bonchev–Trinajstić information content (AvgIpc) is 3.25. The molecule has 156 valence electrons. The van der Waals surface area contributed by atoms with Gasteiger partial charge in [0.25, 0.3) is 5.91 Å². The molecule has 0 saturated carbocycles. The molecule has 10 heteroatoms. The van der Waals surface area contributed by atoms with Crippen LogP contribution in [0.1, 0.15) is 21.7 Å². The summed E-state index contributed by atoms with van der Waals surface area (Å²) in [5.74, 6) is -0.708. The predicted molar refractivity (Wildman–Crippen MR) is 102 cm³/mol. The molecule has 3 rings (SSSR count). The van der Waals surface area contributed by atoms with Gasteiger partial charge in [0, 0.05) is 13.1 Å². The second-order valence-electron chi connectivity index (χ2n) is 6.43. The van der Waals surface area contributed by atoms with Crippen molar-refractivity contribution in [2.75, 3.05) is 32.9 Å². The van der Waals surface area contributed by atoms with Crippen LogP contribution in [0.3, 0.4) is 0 Å². The standard InChI is InChI=1S/C19H22N2O7S/c1-14-4-5-15(11-17(14)29(24,25)21-6-9-26-10-7-21)19(23)28-13-18(22)20-12-16-3-2-8-27-16/h2-5,8,11H,6-7,9-10,12-13H2,1H3,(H,20,22). The summed E-state index contributed by atoms with van der Waals surface area (Å²) in [6, 6.07) is 7.69. The summed E-state index contributed by atoms with van der Waals surface area (Å²) in [6.45, 7) is 2.51. The third-order valence-electron chi connectivity index (χ3n) is 4.39. The lowest BCUT2D eigenvalue weighted by atomic mass is 10.1. The number of furan rings is 1. The highest BCUT2D eigenvalue weighted by atomic mass is 32.2. The zero-order valence-corrected chi connectivity index (χ0v) is 16.7. The van der Waals surface area contributed by atoms with Crippen molar-refractivity contribution < 1.29 is 31.9 Å². The number of nitrogens with one attached hydrogen (secondary N) is 1. The molecule has 2 aromatic rings. The van der Waals surface area contributed by atoms with E-state index in [1.54, 1.807) is 25.1 Å². The van der Waals surface area contributed by atoms with Gasteiger partial charge in [0.2, 0.25) is 10.0 Å². The highest BCUT2D eigenvalue weighted by Crippen LogP contribution is 2.22. The van der Waals surface area contributed by atoms with E-state index >= 15 is 0 Å². The SMILES string of the molecule is Cc1ccc(C(=O)OCC(=O)NCc2ccco2)cc1S(=O)(=O)N1CCOCC1. The molecule has 1 saturated heterocycles. The van der Waals surface area contributed by atoms with Crippen LogP contribution in [0.2, 0.25) is 0 Å². The Balaban J connectivity index is 1.63. The van der Waals surface area contributed by atoms with Gasteiger partial charge in [-0.05, 0) is 36.8 Å². The van der Waals surface area contributed by atoms with Crippen molar-refractivity contribution in [1.29, 1.82) is 0 Å². The van der Waals surface area contributed by atoms with Crippen LogP contribution >= 0.6 is 0 Å². The molecule has 1 aliphatic heterocycles. The molecular formula is C19H22N2O7S. The van der Waals surface area contributed by atoms with Crippen molar-refractivity contribution in [2.24, 2.45) is 0 Å². The molecule has 2 heterocycles. The van der Waals surface area contributed by atoms with Crippen LogP contribution in [0.4, 0.5) is 0 Å². The molecular weight excluding hydrogens is 400 g/mol. The number of benzene rings is 1. The Morgan fingerprint density at radius 3 is 2.66 bits per heavy atom. The average molecular weight is 422 g/mol. The Labute approximate surface area is 168 Å². The number of sulfonamides is 1. The van der Waals surface area contributed by atoms with Crippen LogP contribution in [0.25, 0.3) is 0 Å². The van der Waals surface area contributed by atoms with E-state index in [-0.39, 0.29) is 30.1 Å². The highest BCUT2D eigenvalue weighted by molar-refractivity contribution is 7.89. The lowest BCUT2D eigenvalue weighted by Gasteiger charge is -2.26. The number of esters is 1. The molecule has 0 aliphatic carbocycles. The van der Waals surface area contributed by atoms with Gasteiger partial charge < -0.3 is 19.2 Å². The van der Waals surface area contributed by atoms with Gasteiger partial charge in [-0.2, -0.15) is 4.31 Å². The van der Waals surface area contributed by atoms with Crippen molar-refractivity contribution in [3.8, 4) is 0 Å². The topological polar surface area (TPSA) is 115 Å². The summed E-state index contributed by atoms with van der Waals surface area (Å²) in [5, 5.41) is 2.56. The molecule has 1 aromatic heterocycles. The number of hydrogen-bond donors (Lipinski definition) is 1. The largest absolute Gasteiger partial charge is 0.467 e. The van der Waals surface area contributed by atoms with E-state index in [0.717, 1.165) is 0 Å². The molecule has 0 radical (unpaired) electrons. The van der Waals surface area contributed by atoms with Crippen molar-refractivity contribution in [1.82, 2.24) is 9.62 Å². The lowest BCUT2D eigenvalue weighted by molar-refractivity contribution is -0.124. The summed E-state index contributed by atoms with van der Waals surface area (Å²) in [6.07, 6.45) is 1.49. The molecule has 1 aromatic carbocycles. The number of nitrogens with zero attached hydrogens (tertiary/aromatic N) is 1. The zero-order chi connectivity index (χ0) is 20.9. The Kier molecular flexibility index (Phi) is 6.68. The van der Waals surface area contributed by atoms with Crippen molar-refractivity contribution in [3.63, 3.8) is 0 Å². The number of ether oxygens (including phenoxy) is 2. The van der Waals surface area contributed by atoms with Gasteiger partial charge in [-0.15, -0.1) is 0 Å². The van der Waals surface area contributed by atoms with Crippen LogP contribution in [0.15, 0.2) is 45.9 Å². The summed E-state index contributed by atoms with van der Waals surface area (Å²) >= 11 is 0. The molecule has 1 N–H and O–H groups in total. The molecule has 0 bridgehead atoms. The Hall–Kier alpha value is -2.69. The summed E-state index contributed by atoms with van der Waals surface area (Å²) in [4.78, 5) is 24.2. The molecule has 0 atom stereocenters. The van der Waals surface area contributed by atoms with Gasteiger partial charge in [0.15, 0.2) is 6.61 Å². The molecule has 1 aliphatic rings. The number of aryl methyl sites for hydroxylation is 1.